The topological polar surface area (TPSA) is 99.8 Å². The molecule has 2 aromatic carbocycles. The number of nitrogens with one attached hydrogen (secondary N) is 3. The van der Waals surface area contributed by atoms with Crippen molar-refractivity contribution >= 4 is 44.9 Å². The van der Waals surface area contributed by atoms with Crippen molar-refractivity contribution in [2.45, 2.75) is 6.92 Å². The van der Waals surface area contributed by atoms with Crippen LogP contribution in [0.2, 0.25) is 0 Å². The molecule has 4 aromatic rings. The number of amides is 2. The van der Waals surface area contributed by atoms with Crippen LogP contribution in [0.4, 0.5) is 10.8 Å². The number of benzene rings is 2. The fraction of sp³-hybridized carbons (Fsp3) is 0.0526. The Morgan fingerprint density at radius 3 is 2.67 bits per heavy atom. The van der Waals surface area contributed by atoms with Crippen LogP contribution in [0.1, 0.15) is 17.3 Å². The van der Waals surface area contributed by atoms with Crippen molar-refractivity contribution in [3.8, 4) is 11.3 Å². The van der Waals surface area contributed by atoms with Gasteiger partial charge in [0.1, 0.15) is 0 Å². The number of fused-ring (bicyclic) bond motifs is 1. The normalized spacial score (nSPS) is 10.7. The van der Waals surface area contributed by atoms with Gasteiger partial charge in [-0.2, -0.15) is 5.10 Å². The second-order valence-corrected chi connectivity index (χ2v) is 6.75. The van der Waals surface area contributed by atoms with Gasteiger partial charge in [0.15, 0.2) is 5.13 Å². The fourth-order valence-electron chi connectivity index (χ4n) is 2.71. The lowest BCUT2D eigenvalue weighted by Crippen LogP contribution is -2.12. The molecule has 4 rings (SSSR count). The van der Waals surface area contributed by atoms with Crippen molar-refractivity contribution in [2.75, 3.05) is 10.6 Å². The summed E-state index contributed by atoms with van der Waals surface area (Å²) in [7, 11) is 0. The number of nitrogens with zero attached hydrogens (tertiary/aromatic N) is 2. The predicted octanol–water partition coefficient (Wildman–Crippen LogP) is 3.90. The van der Waals surface area contributed by atoms with Crippen LogP contribution in [0.5, 0.6) is 0 Å². The molecule has 0 aliphatic heterocycles. The molecular formula is C19H15N5O2S. The van der Waals surface area contributed by atoms with Crippen LogP contribution in [0.15, 0.2) is 54.0 Å². The summed E-state index contributed by atoms with van der Waals surface area (Å²) in [6.45, 7) is 1.47. The summed E-state index contributed by atoms with van der Waals surface area (Å²) in [4.78, 5) is 28.2. The van der Waals surface area contributed by atoms with Crippen LogP contribution in [-0.4, -0.2) is 27.0 Å². The predicted molar refractivity (Wildman–Crippen MR) is 106 cm³/mol. The van der Waals surface area contributed by atoms with Gasteiger partial charge in [-0.25, -0.2) is 4.98 Å². The number of aromatic amines is 1. The van der Waals surface area contributed by atoms with Crippen LogP contribution >= 0.6 is 11.3 Å². The van der Waals surface area contributed by atoms with Gasteiger partial charge in [-0.1, -0.05) is 24.3 Å². The number of carbonyl (C=O) groups excluding carboxylic acids is 2. The molecule has 0 atom stereocenters. The maximum atomic E-state index is 12.6. The van der Waals surface area contributed by atoms with E-state index in [9.17, 15) is 9.59 Å². The molecule has 2 amide bonds. The zero-order chi connectivity index (χ0) is 18.8. The average Bonchev–Trinajstić information content (AvgIpc) is 3.30. The van der Waals surface area contributed by atoms with Gasteiger partial charge >= 0.3 is 0 Å². The second kappa shape index (κ2) is 7.00. The van der Waals surface area contributed by atoms with Crippen molar-refractivity contribution in [1.29, 1.82) is 0 Å². The number of H-pyrrole nitrogens is 1. The molecule has 27 heavy (non-hydrogen) atoms. The van der Waals surface area contributed by atoms with E-state index in [1.54, 1.807) is 12.3 Å². The summed E-state index contributed by atoms with van der Waals surface area (Å²) in [5, 5.41) is 15.6. The largest absolute Gasteiger partial charge is 0.326 e. The summed E-state index contributed by atoms with van der Waals surface area (Å²) < 4.78 is 0. The van der Waals surface area contributed by atoms with Crippen LogP contribution in [0.3, 0.4) is 0 Å². The minimum Gasteiger partial charge on any atom is -0.326 e. The Morgan fingerprint density at radius 2 is 1.89 bits per heavy atom. The Hall–Kier alpha value is -3.52. The Kier molecular flexibility index (Phi) is 4.39. The second-order valence-electron chi connectivity index (χ2n) is 5.89. The average molecular weight is 377 g/mol. The van der Waals surface area contributed by atoms with E-state index < -0.39 is 0 Å². The molecule has 2 heterocycles. The summed E-state index contributed by atoms with van der Waals surface area (Å²) in [6.07, 6.45) is 1.68. The highest BCUT2D eigenvalue weighted by molar-refractivity contribution is 7.14. The molecule has 3 N–H and O–H groups in total. The number of carbonyl (C=O) groups is 2. The van der Waals surface area contributed by atoms with E-state index in [-0.39, 0.29) is 11.8 Å². The van der Waals surface area contributed by atoms with E-state index in [1.807, 2.05) is 41.8 Å². The maximum Gasteiger partial charge on any atom is 0.259 e. The lowest BCUT2D eigenvalue weighted by molar-refractivity contribution is -0.114. The van der Waals surface area contributed by atoms with Crippen molar-refractivity contribution in [1.82, 2.24) is 15.2 Å². The van der Waals surface area contributed by atoms with Crippen LogP contribution in [0.25, 0.3) is 22.2 Å². The van der Waals surface area contributed by atoms with E-state index in [2.05, 4.69) is 25.8 Å². The molecule has 0 fully saturated rings. The molecule has 0 spiro atoms. The highest BCUT2D eigenvalue weighted by Crippen LogP contribution is 2.27. The van der Waals surface area contributed by atoms with Gasteiger partial charge < -0.3 is 5.32 Å². The third-order valence-electron chi connectivity index (χ3n) is 3.95. The van der Waals surface area contributed by atoms with E-state index in [1.165, 1.54) is 18.3 Å². The van der Waals surface area contributed by atoms with Crippen LogP contribution in [-0.2, 0) is 4.79 Å². The van der Waals surface area contributed by atoms with Gasteiger partial charge in [0.25, 0.3) is 5.91 Å². The molecule has 134 valence electrons. The molecule has 0 bridgehead atoms. The van der Waals surface area contributed by atoms with Crippen molar-refractivity contribution in [3.63, 3.8) is 0 Å². The van der Waals surface area contributed by atoms with E-state index in [0.29, 0.717) is 16.2 Å². The molecule has 0 aliphatic rings. The lowest BCUT2D eigenvalue weighted by Gasteiger charge is -2.03. The third kappa shape index (κ3) is 3.56. The molecule has 8 heteroatoms. The molecule has 7 nitrogen and oxygen atoms in total. The minimum absolute atomic E-state index is 0.117. The van der Waals surface area contributed by atoms with Gasteiger partial charge in [-0.15, -0.1) is 11.3 Å². The summed E-state index contributed by atoms with van der Waals surface area (Å²) in [5.41, 5.74) is 3.59. The number of para-hydroxylation sites is 1. The number of rotatable bonds is 4. The van der Waals surface area contributed by atoms with Gasteiger partial charge in [-0.05, 0) is 18.2 Å². The smallest absolute Gasteiger partial charge is 0.259 e. The zero-order valence-corrected chi connectivity index (χ0v) is 15.1. The first-order chi connectivity index (χ1) is 13.1. The van der Waals surface area contributed by atoms with Gasteiger partial charge in [0.05, 0.1) is 23.0 Å². The van der Waals surface area contributed by atoms with Crippen LogP contribution in [0, 0.1) is 0 Å². The fourth-order valence-corrected chi connectivity index (χ4v) is 3.43. The minimum atomic E-state index is -0.244. The Labute approximate surface area is 158 Å². The van der Waals surface area contributed by atoms with Gasteiger partial charge in [-0.3, -0.25) is 20.0 Å². The summed E-state index contributed by atoms with van der Waals surface area (Å²) in [6, 6.07) is 12.8. The molecule has 0 aliphatic carbocycles. The summed E-state index contributed by atoms with van der Waals surface area (Å²) in [5.74, 6) is -0.361. The maximum absolute atomic E-state index is 12.6. The Bertz CT molecular complexity index is 1130. The van der Waals surface area contributed by atoms with E-state index >= 15 is 0 Å². The first-order valence-corrected chi connectivity index (χ1v) is 9.05. The molecule has 0 unspecified atom stereocenters. The summed E-state index contributed by atoms with van der Waals surface area (Å²) >= 11 is 1.35. The van der Waals surface area contributed by atoms with E-state index in [4.69, 9.17) is 0 Å². The quantitative estimate of drug-likeness (QED) is 0.502. The highest BCUT2D eigenvalue weighted by atomic mass is 32.1. The zero-order valence-electron chi connectivity index (χ0n) is 14.3. The standard InChI is InChI=1S/C19H15N5O2S/c1-11(25)21-14-7-5-12(6-8-14)16-10-27-19(22-16)23-18(26)15-4-2-3-13-9-20-24-17(13)15/h2-10H,1H3,(H,20,24)(H,21,25)(H,22,23,26). The molecular weight excluding hydrogens is 362 g/mol. The molecule has 0 saturated heterocycles. The van der Waals surface area contributed by atoms with E-state index in [0.717, 1.165) is 22.3 Å². The number of anilines is 2. The molecule has 0 radical (unpaired) electrons. The number of hydrogen-bond donors (Lipinski definition) is 3. The van der Waals surface area contributed by atoms with Crippen LogP contribution < -0.4 is 10.6 Å². The molecule has 0 saturated carbocycles. The SMILES string of the molecule is CC(=O)Nc1ccc(-c2csc(NC(=O)c3cccc4cn[nH]c34)n2)cc1. The number of aromatic nitrogens is 3. The number of thiazole rings is 1. The van der Waals surface area contributed by atoms with Crippen molar-refractivity contribution in [2.24, 2.45) is 0 Å². The number of hydrogen-bond acceptors (Lipinski definition) is 5. The Balaban J connectivity index is 1.52. The Morgan fingerprint density at radius 1 is 1.07 bits per heavy atom. The van der Waals surface area contributed by atoms with Crippen molar-refractivity contribution < 1.29 is 9.59 Å². The highest BCUT2D eigenvalue weighted by Gasteiger charge is 2.13. The lowest BCUT2D eigenvalue weighted by atomic mass is 10.1. The van der Waals surface area contributed by atoms with Gasteiger partial charge in [0.2, 0.25) is 5.91 Å². The molecule has 2 aromatic heterocycles. The third-order valence-corrected chi connectivity index (χ3v) is 4.70. The van der Waals surface area contributed by atoms with Crippen molar-refractivity contribution in [3.05, 3.63) is 59.6 Å². The first kappa shape index (κ1) is 16.9. The monoisotopic (exact) mass is 377 g/mol. The first-order valence-electron chi connectivity index (χ1n) is 8.17. The van der Waals surface area contributed by atoms with Gasteiger partial charge in [0, 0.05) is 28.9 Å².